The molecule has 0 radical (unpaired) electrons. The Kier molecular flexibility index (Phi) is 2.36. The number of fused-ring (bicyclic) bond motifs is 2. The van der Waals surface area contributed by atoms with Gasteiger partial charge in [-0.1, -0.05) is 13.8 Å². The number of hydrogen-bond donors (Lipinski definition) is 1. The maximum absolute atomic E-state index is 9.90. The van der Waals surface area contributed by atoms with Gasteiger partial charge in [0.05, 0.1) is 19.3 Å². The molecule has 0 aromatic heterocycles. The fourth-order valence-electron chi connectivity index (χ4n) is 3.95. The average molecular weight is 226 g/mol. The van der Waals surface area contributed by atoms with Gasteiger partial charge in [0.1, 0.15) is 0 Å². The van der Waals surface area contributed by atoms with E-state index in [9.17, 15) is 5.11 Å². The maximum atomic E-state index is 9.90. The summed E-state index contributed by atoms with van der Waals surface area (Å²) in [5, 5.41) is 9.90. The second-order valence-electron chi connectivity index (χ2n) is 6.36. The molecular weight excluding hydrogens is 204 g/mol. The number of rotatable bonds is 0. The van der Waals surface area contributed by atoms with Crippen LogP contribution in [0.25, 0.3) is 0 Å². The Bertz CT molecular complexity index is 261. The predicted molar refractivity (Wildman–Crippen MR) is 59.9 cm³/mol. The summed E-state index contributed by atoms with van der Waals surface area (Å²) in [6, 6.07) is 0. The minimum Gasteiger partial charge on any atom is -0.393 e. The van der Waals surface area contributed by atoms with Gasteiger partial charge in [0.25, 0.3) is 0 Å². The SMILES string of the molecule is CC1(C)[C@@H]2CC(O)C[C@H]1CC1(C2)OCCO1. The van der Waals surface area contributed by atoms with Gasteiger partial charge in [-0.3, -0.25) is 0 Å². The lowest BCUT2D eigenvalue weighted by atomic mass is 9.54. The van der Waals surface area contributed by atoms with Crippen LogP contribution in [-0.2, 0) is 9.47 Å². The van der Waals surface area contributed by atoms with Gasteiger partial charge in [-0.05, 0) is 30.1 Å². The average Bonchev–Trinajstić information content (AvgIpc) is 2.60. The summed E-state index contributed by atoms with van der Waals surface area (Å²) in [6.45, 7) is 6.16. The highest BCUT2D eigenvalue weighted by molar-refractivity contribution is 5.01. The zero-order valence-electron chi connectivity index (χ0n) is 10.2. The van der Waals surface area contributed by atoms with Crippen LogP contribution in [0, 0.1) is 17.3 Å². The van der Waals surface area contributed by atoms with Crippen molar-refractivity contribution >= 4 is 0 Å². The van der Waals surface area contributed by atoms with Gasteiger partial charge in [-0.15, -0.1) is 0 Å². The summed E-state index contributed by atoms with van der Waals surface area (Å²) in [5.74, 6) is 0.770. The molecule has 16 heavy (non-hydrogen) atoms. The third kappa shape index (κ3) is 1.52. The summed E-state index contributed by atoms with van der Waals surface area (Å²) in [4.78, 5) is 0. The largest absolute Gasteiger partial charge is 0.393 e. The molecule has 0 amide bonds. The van der Waals surface area contributed by atoms with Gasteiger partial charge in [0, 0.05) is 12.8 Å². The molecule has 3 aliphatic rings. The number of hydrogen-bond acceptors (Lipinski definition) is 3. The molecule has 3 heteroatoms. The van der Waals surface area contributed by atoms with Crippen LogP contribution in [0.15, 0.2) is 0 Å². The summed E-state index contributed by atoms with van der Waals surface area (Å²) in [6.07, 6.45) is 3.65. The van der Waals surface area contributed by atoms with E-state index in [0.29, 0.717) is 17.3 Å². The molecule has 2 bridgehead atoms. The highest BCUT2D eigenvalue weighted by Gasteiger charge is 2.55. The molecule has 1 unspecified atom stereocenters. The topological polar surface area (TPSA) is 38.7 Å². The van der Waals surface area contributed by atoms with E-state index in [1.807, 2.05) is 0 Å². The lowest BCUT2D eigenvalue weighted by Crippen LogP contribution is -2.53. The van der Waals surface area contributed by atoms with Crippen LogP contribution in [-0.4, -0.2) is 30.2 Å². The molecule has 2 aliphatic carbocycles. The van der Waals surface area contributed by atoms with Crippen molar-refractivity contribution in [2.24, 2.45) is 17.3 Å². The molecule has 92 valence electrons. The standard InChI is InChI=1S/C13H22O3/c1-12(2)9-5-11(14)6-10(12)8-13(7-9)15-3-4-16-13/h9-11,14H,3-8H2,1-2H3/t9-,10+,11?. The molecule has 1 heterocycles. The van der Waals surface area contributed by atoms with Gasteiger partial charge < -0.3 is 14.6 Å². The van der Waals surface area contributed by atoms with Crippen molar-refractivity contribution in [1.29, 1.82) is 0 Å². The number of ether oxygens (including phenoxy) is 2. The molecule has 0 aromatic carbocycles. The van der Waals surface area contributed by atoms with E-state index in [4.69, 9.17) is 9.47 Å². The van der Waals surface area contributed by atoms with Gasteiger partial charge in [0.2, 0.25) is 0 Å². The van der Waals surface area contributed by atoms with E-state index in [-0.39, 0.29) is 11.9 Å². The highest BCUT2D eigenvalue weighted by Crippen LogP contribution is 2.57. The van der Waals surface area contributed by atoms with Crippen molar-refractivity contribution in [1.82, 2.24) is 0 Å². The third-order valence-electron chi connectivity index (χ3n) is 5.15. The minimum absolute atomic E-state index is 0.109. The maximum Gasteiger partial charge on any atom is 0.169 e. The van der Waals surface area contributed by atoms with Crippen molar-refractivity contribution < 1.29 is 14.6 Å². The van der Waals surface area contributed by atoms with Crippen LogP contribution >= 0.6 is 0 Å². The second kappa shape index (κ2) is 3.44. The first-order valence-electron chi connectivity index (χ1n) is 6.48. The quantitative estimate of drug-likeness (QED) is 0.686. The molecule has 0 aromatic rings. The Hall–Kier alpha value is -0.120. The Morgan fingerprint density at radius 2 is 1.50 bits per heavy atom. The second-order valence-corrected chi connectivity index (χ2v) is 6.36. The van der Waals surface area contributed by atoms with Crippen LogP contribution in [0.5, 0.6) is 0 Å². The molecule has 1 aliphatic heterocycles. The smallest absolute Gasteiger partial charge is 0.169 e. The van der Waals surface area contributed by atoms with Crippen molar-refractivity contribution in [3.8, 4) is 0 Å². The lowest BCUT2D eigenvalue weighted by Gasteiger charge is -2.55. The normalized spacial score (nSPS) is 44.8. The molecule has 2 saturated carbocycles. The first-order chi connectivity index (χ1) is 7.52. The van der Waals surface area contributed by atoms with Crippen LogP contribution in [0.3, 0.4) is 0 Å². The zero-order valence-corrected chi connectivity index (χ0v) is 10.2. The van der Waals surface area contributed by atoms with Crippen molar-refractivity contribution in [3.63, 3.8) is 0 Å². The molecule has 1 N–H and O–H groups in total. The fourth-order valence-corrected chi connectivity index (χ4v) is 3.95. The van der Waals surface area contributed by atoms with E-state index < -0.39 is 0 Å². The van der Waals surface area contributed by atoms with E-state index >= 15 is 0 Å². The molecule has 1 saturated heterocycles. The van der Waals surface area contributed by atoms with E-state index in [2.05, 4.69) is 13.8 Å². The highest BCUT2D eigenvalue weighted by atomic mass is 16.7. The third-order valence-corrected chi connectivity index (χ3v) is 5.15. The van der Waals surface area contributed by atoms with Gasteiger partial charge in [-0.2, -0.15) is 0 Å². The van der Waals surface area contributed by atoms with E-state index in [1.165, 1.54) is 0 Å². The first-order valence-corrected chi connectivity index (χ1v) is 6.48. The monoisotopic (exact) mass is 226 g/mol. The number of aliphatic hydroxyl groups is 1. The summed E-state index contributed by atoms with van der Waals surface area (Å²) in [7, 11) is 0. The minimum atomic E-state index is -0.301. The molecule has 3 fully saturated rings. The van der Waals surface area contributed by atoms with Crippen LogP contribution in [0.2, 0.25) is 0 Å². The lowest BCUT2D eigenvalue weighted by molar-refractivity contribution is -0.237. The van der Waals surface area contributed by atoms with Crippen molar-refractivity contribution in [2.45, 2.75) is 51.4 Å². The molecule has 3 atom stereocenters. The summed E-state index contributed by atoms with van der Waals surface area (Å²) < 4.78 is 11.7. The molecule has 3 nitrogen and oxygen atoms in total. The predicted octanol–water partition coefficient (Wildman–Crippen LogP) is 1.94. The Balaban J connectivity index is 1.86. The van der Waals surface area contributed by atoms with Crippen LogP contribution in [0.4, 0.5) is 0 Å². The van der Waals surface area contributed by atoms with Crippen LogP contribution in [0.1, 0.15) is 39.5 Å². The van der Waals surface area contributed by atoms with E-state index in [0.717, 1.165) is 38.9 Å². The van der Waals surface area contributed by atoms with Gasteiger partial charge in [0.15, 0.2) is 5.79 Å². The Morgan fingerprint density at radius 1 is 1.00 bits per heavy atom. The van der Waals surface area contributed by atoms with E-state index in [1.54, 1.807) is 0 Å². The zero-order chi connectivity index (χ0) is 11.4. The van der Waals surface area contributed by atoms with Gasteiger partial charge >= 0.3 is 0 Å². The van der Waals surface area contributed by atoms with Crippen molar-refractivity contribution in [2.75, 3.05) is 13.2 Å². The van der Waals surface area contributed by atoms with Crippen LogP contribution < -0.4 is 0 Å². The molecule has 1 spiro atoms. The summed E-state index contributed by atoms with van der Waals surface area (Å²) in [5.41, 5.74) is 0.333. The first kappa shape index (κ1) is 11.0. The summed E-state index contributed by atoms with van der Waals surface area (Å²) >= 11 is 0. The molecular formula is C13H22O3. The Labute approximate surface area is 97.1 Å². The number of aliphatic hydroxyl groups excluding tert-OH is 1. The Morgan fingerprint density at radius 3 is 2.00 bits per heavy atom. The van der Waals surface area contributed by atoms with Crippen molar-refractivity contribution in [3.05, 3.63) is 0 Å². The fraction of sp³-hybridized carbons (Fsp3) is 1.00. The molecule has 3 rings (SSSR count). The van der Waals surface area contributed by atoms with Gasteiger partial charge in [-0.25, -0.2) is 0 Å².